The van der Waals surface area contributed by atoms with E-state index in [4.69, 9.17) is 9.72 Å². The van der Waals surface area contributed by atoms with Gasteiger partial charge in [0.05, 0.1) is 6.04 Å². The minimum absolute atomic E-state index is 0.000284. The number of nitrogens with zero attached hydrogens (tertiary/aromatic N) is 1. The monoisotopic (exact) mass is 373 g/mol. The third kappa shape index (κ3) is 6.24. The molecule has 6 nitrogen and oxygen atoms in total. The average molecular weight is 373 g/mol. The van der Waals surface area contributed by atoms with Crippen LogP contribution in [0, 0.1) is 5.92 Å². The minimum Gasteiger partial charge on any atom is -0.511 e. The first-order chi connectivity index (χ1) is 13.1. The number of aliphatic hydroxyl groups is 1. The molecule has 2 aliphatic rings. The van der Waals surface area contributed by atoms with Crippen molar-refractivity contribution in [3.63, 3.8) is 0 Å². The number of hydrogen-bond donors (Lipinski definition) is 3. The van der Waals surface area contributed by atoms with Gasteiger partial charge < -0.3 is 20.5 Å². The van der Waals surface area contributed by atoms with Gasteiger partial charge in [-0.05, 0) is 63.0 Å². The molecule has 0 spiro atoms. The molecule has 1 fully saturated rings. The number of anilines is 1. The smallest absolute Gasteiger partial charge is 0.223 e. The van der Waals surface area contributed by atoms with Gasteiger partial charge in [-0.1, -0.05) is 12.6 Å². The Morgan fingerprint density at radius 3 is 3.00 bits per heavy atom. The molecule has 0 aromatic carbocycles. The summed E-state index contributed by atoms with van der Waals surface area (Å²) < 4.78 is 5.66. The lowest BCUT2D eigenvalue weighted by Gasteiger charge is -2.18. The molecule has 1 unspecified atom stereocenters. The van der Waals surface area contributed by atoms with Crippen molar-refractivity contribution in [3.8, 4) is 0 Å². The van der Waals surface area contributed by atoms with Crippen molar-refractivity contribution < 1.29 is 14.6 Å². The number of aliphatic hydroxyl groups excluding tert-OH is 1. The van der Waals surface area contributed by atoms with Gasteiger partial charge in [0.15, 0.2) is 0 Å². The summed E-state index contributed by atoms with van der Waals surface area (Å²) in [5.41, 5.74) is 2.45. The number of carbonyl (C=O) groups excluding carboxylic acids is 1. The Kier molecular flexibility index (Phi) is 7.10. The number of nitrogens with one attached hydrogen (secondary N) is 2. The summed E-state index contributed by atoms with van der Waals surface area (Å²) >= 11 is 0. The maximum absolute atomic E-state index is 11.8. The summed E-state index contributed by atoms with van der Waals surface area (Å²) in [6.45, 7) is 5.73. The standard InChI is InChI=1S/C21H31N3O3/c1-15(25)19(24-21(26)17-7-8-17)11-14-27-13-3-2-6-18-10-9-16-5-4-12-22-20(16)23-18/h9-10,17,19,25H,1-8,11-14H2,(H,22,23)(H,24,26). The fourth-order valence-corrected chi connectivity index (χ4v) is 3.28. The van der Waals surface area contributed by atoms with Crippen molar-refractivity contribution in [1.82, 2.24) is 10.3 Å². The van der Waals surface area contributed by atoms with Crippen molar-refractivity contribution in [2.75, 3.05) is 25.1 Å². The summed E-state index contributed by atoms with van der Waals surface area (Å²) in [7, 11) is 0. The van der Waals surface area contributed by atoms with E-state index in [1.807, 2.05) is 0 Å². The Hall–Kier alpha value is -2.08. The van der Waals surface area contributed by atoms with Crippen LogP contribution in [0.5, 0.6) is 0 Å². The molecular weight excluding hydrogens is 342 g/mol. The molecular formula is C21H31N3O3. The van der Waals surface area contributed by atoms with Crippen molar-refractivity contribution in [3.05, 3.63) is 35.7 Å². The molecule has 148 valence electrons. The van der Waals surface area contributed by atoms with Crippen molar-refractivity contribution in [2.45, 2.75) is 57.4 Å². The fourth-order valence-electron chi connectivity index (χ4n) is 3.28. The Morgan fingerprint density at radius 2 is 2.22 bits per heavy atom. The van der Waals surface area contributed by atoms with Crippen molar-refractivity contribution >= 4 is 11.7 Å². The van der Waals surface area contributed by atoms with Gasteiger partial charge in [-0.15, -0.1) is 0 Å². The third-order valence-corrected chi connectivity index (χ3v) is 5.14. The van der Waals surface area contributed by atoms with Crippen LogP contribution in [0.2, 0.25) is 0 Å². The number of ether oxygens (including phenoxy) is 1. The van der Waals surface area contributed by atoms with Crippen LogP contribution in [-0.2, 0) is 22.4 Å². The number of rotatable bonds is 11. The lowest BCUT2D eigenvalue weighted by Crippen LogP contribution is -2.37. The maximum Gasteiger partial charge on any atom is 0.223 e. The molecule has 0 radical (unpaired) electrons. The zero-order valence-electron chi connectivity index (χ0n) is 16.0. The quantitative estimate of drug-likeness (QED) is 0.410. The van der Waals surface area contributed by atoms with E-state index >= 15 is 0 Å². The highest BCUT2D eigenvalue weighted by atomic mass is 16.5. The molecule has 1 aliphatic carbocycles. The first-order valence-electron chi connectivity index (χ1n) is 10.1. The molecule has 27 heavy (non-hydrogen) atoms. The van der Waals surface area contributed by atoms with Gasteiger partial charge in [-0.3, -0.25) is 4.79 Å². The molecule has 3 N–H and O–H groups in total. The van der Waals surface area contributed by atoms with Gasteiger partial charge in [0.25, 0.3) is 0 Å². The van der Waals surface area contributed by atoms with Crippen LogP contribution in [0.3, 0.4) is 0 Å². The maximum atomic E-state index is 11.8. The SMILES string of the molecule is C=C(O)C(CCOCCCCc1ccc2c(n1)NCCC2)NC(=O)C1CC1. The van der Waals surface area contributed by atoms with Crippen LogP contribution < -0.4 is 10.6 Å². The number of aromatic nitrogens is 1. The van der Waals surface area contributed by atoms with Gasteiger partial charge in [0.2, 0.25) is 5.91 Å². The molecule has 1 aliphatic heterocycles. The molecule has 0 saturated heterocycles. The molecule has 1 atom stereocenters. The van der Waals surface area contributed by atoms with Gasteiger partial charge >= 0.3 is 0 Å². The fraction of sp³-hybridized carbons (Fsp3) is 0.619. The predicted molar refractivity (Wildman–Crippen MR) is 106 cm³/mol. The van der Waals surface area contributed by atoms with E-state index in [-0.39, 0.29) is 17.6 Å². The first-order valence-corrected chi connectivity index (χ1v) is 10.1. The van der Waals surface area contributed by atoms with Gasteiger partial charge in [-0.2, -0.15) is 0 Å². The summed E-state index contributed by atoms with van der Waals surface area (Å²) in [4.78, 5) is 16.5. The zero-order chi connectivity index (χ0) is 19.1. The lowest BCUT2D eigenvalue weighted by molar-refractivity contribution is -0.123. The second-order valence-corrected chi connectivity index (χ2v) is 7.53. The number of unbranched alkanes of at least 4 members (excludes halogenated alkanes) is 1. The van der Waals surface area contributed by atoms with Crippen LogP contribution >= 0.6 is 0 Å². The van der Waals surface area contributed by atoms with E-state index in [0.717, 1.165) is 56.6 Å². The Morgan fingerprint density at radius 1 is 1.37 bits per heavy atom. The van der Waals surface area contributed by atoms with Gasteiger partial charge in [0, 0.05) is 31.4 Å². The molecule has 2 heterocycles. The highest BCUT2D eigenvalue weighted by Crippen LogP contribution is 2.29. The number of pyridine rings is 1. The number of carbonyl (C=O) groups is 1. The van der Waals surface area contributed by atoms with E-state index in [2.05, 4.69) is 29.3 Å². The van der Waals surface area contributed by atoms with E-state index in [9.17, 15) is 9.90 Å². The predicted octanol–water partition coefficient (Wildman–Crippen LogP) is 3.14. The summed E-state index contributed by atoms with van der Waals surface area (Å²) in [6.07, 6.45) is 7.68. The molecule has 3 rings (SSSR count). The number of aryl methyl sites for hydroxylation is 2. The number of fused-ring (bicyclic) bond motifs is 1. The second kappa shape index (κ2) is 9.74. The van der Waals surface area contributed by atoms with Gasteiger partial charge in [0.1, 0.15) is 11.6 Å². The topological polar surface area (TPSA) is 83.5 Å². The summed E-state index contributed by atoms with van der Waals surface area (Å²) in [6, 6.07) is 3.91. The van der Waals surface area contributed by atoms with E-state index in [1.165, 1.54) is 12.0 Å². The van der Waals surface area contributed by atoms with Crippen LogP contribution in [0.1, 0.15) is 49.8 Å². The largest absolute Gasteiger partial charge is 0.511 e. The third-order valence-electron chi connectivity index (χ3n) is 5.14. The van der Waals surface area contributed by atoms with Crippen LogP contribution in [0.15, 0.2) is 24.5 Å². The van der Waals surface area contributed by atoms with Crippen molar-refractivity contribution in [1.29, 1.82) is 0 Å². The highest BCUT2D eigenvalue weighted by molar-refractivity contribution is 5.81. The molecule has 1 aromatic heterocycles. The van der Waals surface area contributed by atoms with Crippen LogP contribution in [0.4, 0.5) is 5.82 Å². The van der Waals surface area contributed by atoms with Crippen LogP contribution in [0.25, 0.3) is 0 Å². The lowest BCUT2D eigenvalue weighted by atomic mass is 10.1. The highest BCUT2D eigenvalue weighted by Gasteiger charge is 2.31. The minimum atomic E-state index is -0.412. The molecule has 1 amide bonds. The molecule has 1 saturated carbocycles. The summed E-state index contributed by atoms with van der Waals surface area (Å²) in [5, 5.41) is 15.9. The van der Waals surface area contributed by atoms with Crippen molar-refractivity contribution in [2.24, 2.45) is 5.92 Å². The Labute approximate surface area is 161 Å². The Bertz CT molecular complexity index is 658. The molecule has 0 bridgehead atoms. The second-order valence-electron chi connectivity index (χ2n) is 7.53. The van der Waals surface area contributed by atoms with E-state index in [0.29, 0.717) is 19.6 Å². The first kappa shape index (κ1) is 19.7. The normalized spacial score (nSPS) is 16.9. The average Bonchev–Trinajstić information content (AvgIpc) is 3.51. The number of hydrogen-bond acceptors (Lipinski definition) is 5. The summed E-state index contributed by atoms with van der Waals surface area (Å²) in [5.74, 6) is 1.20. The van der Waals surface area contributed by atoms with E-state index < -0.39 is 6.04 Å². The van der Waals surface area contributed by atoms with Crippen LogP contribution in [-0.4, -0.2) is 41.8 Å². The van der Waals surface area contributed by atoms with E-state index in [1.54, 1.807) is 0 Å². The Balaban J connectivity index is 1.27. The zero-order valence-corrected chi connectivity index (χ0v) is 16.0. The molecule has 6 heteroatoms. The van der Waals surface area contributed by atoms with Gasteiger partial charge in [-0.25, -0.2) is 4.98 Å². The number of amides is 1. The molecule has 1 aromatic rings.